The number of hydrogen-bond donors (Lipinski definition) is 0. The summed E-state index contributed by atoms with van der Waals surface area (Å²) in [6, 6.07) is 12.6. The number of halogens is 1. The van der Waals surface area contributed by atoms with E-state index in [1.807, 2.05) is 25.9 Å². The number of fused-ring (bicyclic) bond motifs is 3. The van der Waals surface area contributed by atoms with Gasteiger partial charge in [0.1, 0.15) is 29.1 Å². The van der Waals surface area contributed by atoms with Crippen LogP contribution in [0.25, 0.3) is 16.9 Å². The molecule has 156 valence electrons. The van der Waals surface area contributed by atoms with Gasteiger partial charge in [0.25, 0.3) is 5.56 Å². The molecule has 2 aromatic carbocycles. The second-order valence-corrected chi connectivity index (χ2v) is 9.00. The van der Waals surface area contributed by atoms with Crippen molar-refractivity contribution >= 4 is 11.2 Å². The van der Waals surface area contributed by atoms with Gasteiger partial charge in [-0.1, -0.05) is 0 Å². The first-order valence-electron chi connectivity index (χ1n) is 9.55. The van der Waals surface area contributed by atoms with E-state index in [-0.39, 0.29) is 17.4 Å². The van der Waals surface area contributed by atoms with Crippen LogP contribution in [0.3, 0.4) is 0 Å². The van der Waals surface area contributed by atoms with Crippen LogP contribution in [0.1, 0.15) is 12.5 Å². The third-order valence-corrected chi connectivity index (χ3v) is 6.20. The normalized spacial score (nSPS) is 16.1. The zero-order chi connectivity index (χ0) is 21.4. The highest BCUT2D eigenvalue weighted by Gasteiger charge is 2.29. The van der Waals surface area contributed by atoms with E-state index in [2.05, 4.69) is 5.10 Å². The number of likely N-dealkylation sites (N-methyl/N-ethyl adjacent to an activating group) is 1. The maximum atomic E-state index is 13.8. The van der Waals surface area contributed by atoms with Crippen molar-refractivity contribution in [2.75, 3.05) is 20.6 Å². The van der Waals surface area contributed by atoms with Gasteiger partial charge >= 0.3 is 0 Å². The summed E-state index contributed by atoms with van der Waals surface area (Å²) >= 11 is -1.33. The molecule has 1 aliphatic heterocycles. The standard InChI is InChI=1S/C22H22FN3O3S/c1-14(12-25(2)3)29-18-7-5-17(6-8-18)26-21(27)10-15-13-30(28)20-9-4-16(23)11-19(20)22(15)24-26/h4-11,14H,12-13H2,1-3H3. The lowest BCUT2D eigenvalue weighted by atomic mass is 10.1. The van der Waals surface area contributed by atoms with Crippen LogP contribution in [0, 0.1) is 5.82 Å². The zero-order valence-corrected chi connectivity index (χ0v) is 17.8. The minimum absolute atomic E-state index is 0.0164. The van der Waals surface area contributed by atoms with Gasteiger partial charge in [0, 0.05) is 18.2 Å². The minimum atomic E-state index is -1.33. The van der Waals surface area contributed by atoms with Crippen molar-refractivity contribution in [3.8, 4) is 22.7 Å². The zero-order valence-electron chi connectivity index (χ0n) is 17.0. The number of ether oxygens (including phenoxy) is 1. The van der Waals surface area contributed by atoms with Gasteiger partial charge in [0.2, 0.25) is 0 Å². The third-order valence-electron chi connectivity index (χ3n) is 4.78. The Bertz CT molecular complexity index is 1130. The molecule has 30 heavy (non-hydrogen) atoms. The van der Waals surface area contributed by atoms with Gasteiger partial charge in [-0.15, -0.1) is 0 Å². The summed E-state index contributed by atoms with van der Waals surface area (Å²) in [4.78, 5) is 15.2. The fourth-order valence-electron chi connectivity index (χ4n) is 3.57. The van der Waals surface area contributed by atoms with Crippen molar-refractivity contribution < 1.29 is 13.7 Å². The van der Waals surface area contributed by atoms with E-state index in [0.717, 1.165) is 6.54 Å². The van der Waals surface area contributed by atoms with Gasteiger partial charge in [0.05, 0.1) is 11.3 Å². The van der Waals surface area contributed by atoms with Crippen LogP contribution >= 0.6 is 0 Å². The van der Waals surface area contributed by atoms with E-state index in [0.29, 0.717) is 33.2 Å². The maximum Gasteiger partial charge on any atom is 0.271 e. The van der Waals surface area contributed by atoms with Crippen LogP contribution in [0.15, 0.2) is 58.2 Å². The Balaban J connectivity index is 1.68. The molecule has 2 atom stereocenters. The summed E-state index contributed by atoms with van der Waals surface area (Å²) in [5.41, 5.74) is 1.73. The molecule has 0 amide bonds. The minimum Gasteiger partial charge on any atom is -0.611 e. The molecule has 3 aromatic rings. The molecule has 0 saturated carbocycles. The Labute approximate surface area is 177 Å². The summed E-state index contributed by atoms with van der Waals surface area (Å²) in [7, 11) is 3.97. The first kappa shape index (κ1) is 20.6. The first-order valence-corrected chi connectivity index (χ1v) is 10.9. The van der Waals surface area contributed by atoms with Gasteiger partial charge in [0.15, 0.2) is 4.90 Å². The maximum absolute atomic E-state index is 13.8. The molecule has 2 unspecified atom stereocenters. The number of aromatic nitrogens is 2. The molecule has 0 saturated heterocycles. The quantitative estimate of drug-likeness (QED) is 0.586. The second kappa shape index (κ2) is 8.22. The van der Waals surface area contributed by atoms with Crippen LogP contribution in [-0.4, -0.2) is 46.0 Å². The molecule has 0 radical (unpaired) electrons. The summed E-state index contributed by atoms with van der Waals surface area (Å²) in [5, 5.41) is 4.49. The van der Waals surface area contributed by atoms with Crippen molar-refractivity contribution in [2.24, 2.45) is 0 Å². The Morgan fingerprint density at radius 2 is 1.97 bits per heavy atom. The fourth-order valence-corrected chi connectivity index (χ4v) is 4.85. The van der Waals surface area contributed by atoms with Crippen molar-refractivity contribution in [1.29, 1.82) is 0 Å². The molecular weight excluding hydrogens is 405 g/mol. The van der Waals surface area contributed by atoms with Crippen molar-refractivity contribution in [3.05, 3.63) is 70.3 Å². The molecule has 2 heterocycles. The highest BCUT2D eigenvalue weighted by atomic mass is 32.2. The predicted octanol–water partition coefficient (Wildman–Crippen LogP) is 2.99. The van der Waals surface area contributed by atoms with E-state index in [9.17, 15) is 13.7 Å². The molecule has 0 fully saturated rings. The van der Waals surface area contributed by atoms with Gasteiger partial charge in [-0.05, 0) is 74.7 Å². The topological polar surface area (TPSA) is 70.4 Å². The molecule has 0 bridgehead atoms. The number of rotatable bonds is 5. The average molecular weight is 428 g/mol. The molecule has 8 heteroatoms. The average Bonchev–Trinajstić information content (AvgIpc) is 2.67. The molecule has 0 aliphatic carbocycles. The van der Waals surface area contributed by atoms with Gasteiger partial charge in [-0.2, -0.15) is 9.78 Å². The largest absolute Gasteiger partial charge is 0.611 e. The van der Waals surface area contributed by atoms with Gasteiger partial charge in [-0.25, -0.2) is 4.39 Å². The number of benzene rings is 2. The summed E-state index contributed by atoms with van der Waals surface area (Å²) in [6.45, 7) is 2.77. The fraction of sp³-hybridized carbons (Fsp3) is 0.273. The second-order valence-electron chi connectivity index (χ2n) is 7.58. The molecule has 1 aromatic heterocycles. The summed E-state index contributed by atoms with van der Waals surface area (Å²) in [5.74, 6) is 0.446. The molecule has 4 rings (SSSR count). The number of nitrogens with zero attached hydrogens (tertiary/aromatic N) is 3. The Morgan fingerprint density at radius 3 is 2.67 bits per heavy atom. The summed E-state index contributed by atoms with van der Waals surface area (Å²) < 4.78 is 33.4. The Kier molecular flexibility index (Phi) is 5.64. The van der Waals surface area contributed by atoms with Crippen LogP contribution in [0.5, 0.6) is 5.75 Å². The lowest BCUT2D eigenvalue weighted by Gasteiger charge is -2.22. The highest BCUT2D eigenvalue weighted by molar-refractivity contribution is 7.90. The van der Waals surface area contributed by atoms with E-state index in [1.165, 1.54) is 28.9 Å². The van der Waals surface area contributed by atoms with Crippen LogP contribution < -0.4 is 10.3 Å². The van der Waals surface area contributed by atoms with E-state index < -0.39 is 17.0 Å². The summed E-state index contributed by atoms with van der Waals surface area (Å²) in [6.07, 6.45) is 0.0164. The van der Waals surface area contributed by atoms with E-state index in [1.54, 1.807) is 24.3 Å². The smallest absolute Gasteiger partial charge is 0.271 e. The molecular formula is C22H22FN3O3S. The van der Waals surface area contributed by atoms with Crippen molar-refractivity contribution in [1.82, 2.24) is 14.7 Å². The third kappa shape index (κ3) is 4.12. The SMILES string of the molecule is CC(CN(C)C)Oc1ccc(-n2nc3c(cc2=O)C[S+]([O-])c2ccc(F)cc2-3)cc1. The Morgan fingerprint density at radius 1 is 1.23 bits per heavy atom. The highest BCUT2D eigenvalue weighted by Crippen LogP contribution is 2.36. The predicted molar refractivity (Wildman–Crippen MR) is 114 cm³/mol. The molecule has 6 nitrogen and oxygen atoms in total. The number of hydrogen-bond acceptors (Lipinski definition) is 5. The van der Waals surface area contributed by atoms with Crippen LogP contribution in [0.2, 0.25) is 0 Å². The van der Waals surface area contributed by atoms with Crippen LogP contribution in [0.4, 0.5) is 4.39 Å². The van der Waals surface area contributed by atoms with Crippen molar-refractivity contribution in [3.63, 3.8) is 0 Å². The van der Waals surface area contributed by atoms with Crippen LogP contribution in [-0.2, 0) is 16.9 Å². The lowest BCUT2D eigenvalue weighted by molar-refractivity contribution is 0.177. The molecule has 0 N–H and O–H groups in total. The van der Waals surface area contributed by atoms with Gasteiger partial charge in [-0.3, -0.25) is 4.79 Å². The lowest BCUT2D eigenvalue weighted by Crippen LogP contribution is -2.28. The monoisotopic (exact) mass is 427 g/mol. The Hall–Kier alpha value is -2.68. The van der Waals surface area contributed by atoms with Crippen molar-refractivity contribution in [2.45, 2.75) is 23.7 Å². The molecule has 1 aliphatic rings. The van der Waals surface area contributed by atoms with E-state index in [4.69, 9.17) is 4.74 Å². The van der Waals surface area contributed by atoms with Gasteiger partial charge < -0.3 is 14.2 Å². The van der Waals surface area contributed by atoms with E-state index >= 15 is 0 Å². The first-order chi connectivity index (χ1) is 14.3. The molecule has 0 spiro atoms.